The highest BCUT2D eigenvalue weighted by molar-refractivity contribution is 5.99. The van der Waals surface area contributed by atoms with E-state index in [1.54, 1.807) is 31.2 Å². The molecule has 132 valence electrons. The van der Waals surface area contributed by atoms with Gasteiger partial charge in [-0.1, -0.05) is 36.4 Å². The van der Waals surface area contributed by atoms with Gasteiger partial charge in [0.1, 0.15) is 6.61 Å². The normalized spacial score (nSPS) is 13.0. The summed E-state index contributed by atoms with van der Waals surface area (Å²) in [5.41, 5.74) is 12.9. The molecule has 2 rings (SSSR count). The number of hydrogen-bond donors (Lipinski definition) is 3. The van der Waals surface area contributed by atoms with Crippen LogP contribution in [0.3, 0.4) is 0 Å². The molecular formula is C19H22N2O4. The van der Waals surface area contributed by atoms with Crippen LogP contribution in [0, 0.1) is 12.3 Å². The molecule has 2 aromatic rings. The molecule has 0 aliphatic carbocycles. The van der Waals surface area contributed by atoms with E-state index in [0.29, 0.717) is 16.9 Å². The summed E-state index contributed by atoms with van der Waals surface area (Å²) in [4.78, 5) is 24.2. The number of rotatable bonds is 6. The highest BCUT2D eigenvalue weighted by atomic mass is 16.5. The van der Waals surface area contributed by atoms with Crippen molar-refractivity contribution in [2.45, 2.75) is 26.9 Å². The van der Waals surface area contributed by atoms with Gasteiger partial charge in [-0.3, -0.25) is 9.59 Å². The van der Waals surface area contributed by atoms with Crippen molar-refractivity contribution < 1.29 is 19.4 Å². The standard InChI is InChI=1S/C19H22N2O4/c1-12-8-14(9-15(20)16(12)21)10-19(2,17(22)23)18(24)25-11-13-6-4-3-5-7-13/h3-9H,10-11,20-21H2,1-2H3,(H,22,23)/t19-/m1/s1. The molecule has 6 nitrogen and oxygen atoms in total. The van der Waals surface area contributed by atoms with Crippen molar-refractivity contribution in [2.75, 3.05) is 11.5 Å². The van der Waals surface area contributed by atoms with Gasteiger partial charge in [-0.05, 0) is 43.0 Å². The van der Waals surface area contributed by atoms with Crippen molar-refractivity contribution in [3.05, 3.63) is 59.2 Å². The van der Waals surface area contributed by atoms with Crippen molar-refractivity contribution >= 4 is 23.3 Å². The fraction of sp³-hybridized carbons (Fsp3) is 0.263. The van der Waals surface area contributed by atoms with Crippen LogP contribution in [0.2, 0.25) is 0 Å². The van der Waals surface area contributed by atoms with E-state index in [4.69, 9.17) is 16.2 Å². The molecule has 2 aromatic carbocycles. The minimum atomic E-state index is -1.72. The van der Waals surface area contributed by atoms with Crippen LogP contribution >= 0.6 is 0 Å². The summed E-state index contributed by atoms with van der Waals surface area (Å²) < 4.78 is 5.24. The number of nitrogen functional groups attached to an aromatic ring is 2. The predicted octanol–water partition coefficient (Wildman–Crippen LogP) is 2.54. The van der Waals surface area contributed by atoms with Gasteiger partial charge >= 0.3 is 11.9 Å². The van der Waals surface area contributed by atoms with E-state index in [0.717, 1.165) is 11.1 Å². The van der Waals surface area contributed by atoms with Crippen LogP contribution in [0.5, 0.6) is 0 Å². The zero-order valence-electron chi connectivity index (χ0n) is 14.3. The minimum absolute atomic E-state index is 0.0193. The molecule has 0 aliphatic rings. The fourth-order valence-corrected chi connectivity index (χ4v) is 2.53. The van der Waals surface area contributed by atoms with Crippen LogP contribution in [0.25, 0.3) is 0 Å². The monoisotopic (exact) mass is 342 g/mol. The molecule has 0 spiro atoms. The van der Waals surface area contributed by atoms with E-state index in [1.165, 1.54) is 6.92 Å². The third kappa shape index (κ3) is 4.09. The third-order valence-electron chi connectivity index (χ3n) is 4.17. The van der Waals surface area contributed by atoms with Gasteiger partial charge in [0.2, 0.25) is 0 Å². The Morgan fingerprint density at radius 1 is 1.12 bits per heavy atom. The summed E-state index contributed by atoms with van der Waals surface area (Å²) in [6.07, 6.45) is -0.0404. The molecule has 0 saturated carbocycles. The van der Waals surface area contributed by atoms with Crippen LogP contribution in [-0.2, 0) is 27.4 Å². The number of nitrogens with two attached hydrogens (primary N) is 2. The van der Waals surface area contributed by atoms with Crippen LogP contribution in [0.1, 0.15) is 23.6 Å². The van der Waals surface area contributed by atoms with E-state index in [-0.39, 0.29) is 13.0 Å². The summed E-state index contributed by atoms with van der Waals surface area (Å²) in [6.45, 7) is 3.15. The molecule has 0 aromatic heterocycles. The van der Waals surface area contributed by atoms with Gasteiger partial charge in [-0.2, -0.15) is 0 Å². The van der Waals surface area contributed by atoms with Crippen LogP contribution < -0.4 is 11.5 Å². The molecule has 0 saturated heterocycles. The number of esters is 1. The molecule has 0 unspecified atom stereocenters. The topological polar surface area (TPSA) is 116 Å². The number of carbonyl (C=O) groups excluding carboxylic acids is 1. The average Bonchev–Trinajstić information content (AvgIpc) is 2.58. The number of aliphatic carboxylic acids is 1. The highest BCUT2D eigenvalue weighted by Crippen LogP contribution is 2.29. The van der Waals surface area contributed by atoms with Gasteiger partial charge in [0.15, 0.2) is 5.41 Å². The minimum Gasteiger partial charge on any atom is -0.480 e. The van der Waals surface area contributed by atoms with Crippen LogP contribution in [0.15, 0.2) is 42.5 Å². The van der Waals surface area contributed by atoms with E-state index in [2.05, 4.69) is 0 Å². The summed E-state index contributed by atoms with van der Waals surface area (Å²) in [5, 5.41) is 9.60. The maximum atomic E-state index is 12.5. The summed E-state index contributed by atoms with van der Waals surface area (Å²) in [7, 11) is 0. The molecule has 25 heavy (non-hydrogen) atoms. The largest absolute Gasteiger partial charge is 0.480 e. The van der Waals surface area contributed by atoms with Gasteiger partial charge < -0.3 is 21.3 Å². The number of benzene rings is 2. The number of ether oxygens (including phenoxy) is 1. The Bertz CT molecular complexity index is 766. The lowest BCUT2D eigenvalue weighted by Crippen LogP contribution is -2.40. The molecule has 0 radical (unpaired) electrons. The number of aryl methyl sites for hydroxylation is 1. The Hall–Kier alpha value is -3.02. The first-order chi connectivity index (χ1) is 11.7. The number of hydrogen-bond acceptors (Lipinski definition) is 5. The van der Waals surface area contributed by atoms with Crippen molar-refractivity contribution in [1.29, 1.82) is 0 Å². The third-order valence-corrected chi connectivity index (χ3v) is 4.17. The Morgan fingerprint density at radius 3 is 2.32 bits per heavy atom. The lowest BCUT2D eigenvalue weighted by atomic mass is 9.83. The average molecular weight is 342 g/mol. The summed E-state index contributed by atoms with van der Waals surface area (Å²) in [5.74, 6) is -2.05. The van der Waals surface area contributed by atoms with Gasteiger partial charge in [-0.25, -0.2) is 0 Å². The van der Waals surface area contributed by atoms with Crippen LogP contribution in [0.4, 0.5) is 11.4 Å². The predicted molar refractivity (Wildman–Crippen MR) is 95.7 cm³/mol. The Morgan fingerprint density at radius 2 is 1.76 bits per heavy atom. The molecule has 0 amide bonds. The quantitative estimate of drug-likeness (QED) is 0.422. The molecule has 0 aliphatic heterocycles. The second-order valence-electron chi connectivity index (χ2n) is 6.29. The van der Waals surface area contributed by atoms with E-state index >= 15 is 0 Å². The smallest absolute Gasteiger partial charge is 0.323 e. The molecule has 6 heteroatoms. The molecule has 5 N–H and O–H groups in total. The van der Waals surface area contributed by atoms with Gasteiger partial charge in [-0.15, -0.1) is 0 Å². The van der Waals surface area contributed by atoms with Gasteiger partial charge in [0, 0.05) is 0 Å². The number of carboxylic acid groups (broad SMARTS) is 1. The Kier molecular flexibility index (Phi) is 5.32. The van der Waals surface area contributed by atoms with Crippen molar-refractivity contribution in [3.8, 4) is 0 Å². The van der Waals surface area contributed by atoms with E-state index < -0.39 is 17.4 Å². The summed E-state index contributed by atoms with van der Waals surface area (Å²) in [6, 6.07) is 12.4. The van der Waals surface area contributed by atoms with Crippen LogP contribution in [-0.4, -0.2) is 17.0 Å². The van der Waals surface area contributed by atoms with Crippen molar-refractivity contribution in [2.24, 2.45) is 5.41 Å². The Balaban J connectivity index is 2.19. The lowest BCUT2D eigenvalue weighted by molar-refractivity contribution is -0.168. The maximum Gasteiger partial charge on any atom is 0.323 e. The maximum absolute atomic E-state index is 12.5. The summed E-state index contributed by atoms with van der Waals surface area (Å²) >= 11 is 0. The highest BCUT2D eigenvalue weighted by Gasteiger charge is 2.43. The van der Waals surface area contributed by atoms with Gasteiger partial charge in [0.05, 0.1) is 11.4 Å². The molecule has 0 bridgehead atoms. The van der Waals surface area contributed by atoms with Crippen molar-refractivity contribution in [3.63, 3.8) is 0 Å². The zero-order chi connectivity index (χ0) is 18.6. The first kappa shape index (κ1) is 18.3. The molecule has 0 fully saturated rings. The fourth-order valence-electron chi connectivity index (χ4n) is 2.53. The molecule has 0 heterocycles. The first-order valence-corrected chi connectivity index (χ1v) is 7.83. The molecular weight excluding hydrogens is 320 g/mol. The zero-order valence-corrected chi connectivity index (χ0v) is 14.3. The number of carbonyl (C=O) groups is 2. The number of carboxylic acids is 1. The molecule has 1 atom stereocenters. The number of anilines is 2. The van der Waals surface area contributed by atoms with E-state index in [9.17, 15) is 14.7 Å². The first-order valence-electron chi connectivity index (χ1n) is 7.83. The Labute approximate surface area is 146 Å². The van der Waals surface area contributed by atoms with Crippen molar-refractivity contribution in [1.82, 2.24) is 0 Å². The van der Waals surface area contributed by atoms with Gasteiger partial charge in [0.25, 0.3) is 0 Å². The lowest BCUT2D eigenvalue weighted by Gasteiger charge is -2.23. The SMILES string of the molecule is Cc1cc(C[C@](C)(C(=O)O)C(=O)OCc2ccccc2)cc(N)c1N. The second-order valence-corrected chi connectivity index (χ2v) is 6.29. The second kappa shape index (κ2) is 7.25. The van der Waals surface area contributed by atoms with E-state index in [1.807, 2.05) is 18.2 Å².